The number of hydrogen-bond acceptors (Lipinski definition) is 2. The lowest BCUT2D eigenvalue weighted by Crippen LogP contribution is -2.39. The quantitative estimate of drug-likeness (QED) is 0.700. The van der Waals surface area contributed by atoms with E-state index in [1.807, 2.05) is 6.92 Å². The number of rotatable bonds is 5. The van der Waals surface area contributed by atoms with E-state index >= 15 is 0 Å². The average molecular weight is 209 g/mol. The smallest absolute Gasteiger partial charge is 0.0558 e. The predicted octanol–water partition coefficient (Wildman–Crippen LogP) is 2.03. The Labute approximate surface area is 93.7 Å². The van der Waals surface area contributed by atoms with Crippen molar-refractivity contribution in [3.05, 3.63) is 0 Å². The first-order valence-electron chi connectivity index (χ1n) is 6.13. The van der Waals surface area contributed by atoms with Crippen molar-refractivity contribution in [3.8, 4) is 11.8 Å². The molecule has 86 valence electrons. The van der Waals surface area contributed by atoms with Crippen molar-refractivity contribution in [1.29, 1.82) is 0 Å². The van der Waals surface area contributed by atoms with Crippen molar-refractivity contribution in [2.24, 2.45) is 0 Å². The topological polar surface area (TPSA) is 23.5 Å². The highest BCUT2D eigenvalue weighted by atomic mass is 16.3. The lowest BCUT2D eigenvalue weighted by atomic mass is 9.94. The molecule has 0 unspecified atom stereocenters. The number of aliphatic hydroxyl groups excluding tert-OH is 1. The van der Waals surface area contributed by atoms with Crippen molar-refractivity contribution in [2.45, 2.75) is 51.5 Å². The van der Waals surface area contributed by atoms with Crippen LogP contribution in [0.2, 0.25) is 0 Å². The normalized spacial score (nSPS) is 17.5. The monoisotopic (exact) mass is 209 g/mol. The summed E-state index contributed by atoms with van der Waals surface area (Å²) >= 11 is 0. The second kappa shape index (κ2) is 7.73. The van der Waals surface area contributed by atoms with E-state index in [0.29, 0.717) is 6.04 Å². The van der Waals surface area contributed by atoms with Crippen LogP contribution in [0.15, 0.2) is 0 Å². The molecule has 1 fully saturated rings. The number of aliphatic hydroxyl groups is 1. The molecular formula is C13H23NO. The van der Waals surface area contributed by atoms with E-state index in [1.54, 1.807) is 0 Å². The first-order chi connectivity index (χ1) is 7.38. The molecule has 2 nitrogen and oxygen atoms in total. The summed E-state index contributed by atoms with van der Waals surface area (Å²) in [6, 6.07) is 0.699. The maximum absolute atomic E-state index is 9.05. The summed E-state index contributed by atoms with van der Waals surface area (Å²) in [7, 11) is 0. The van der Waals surface area contributed by atoms with Gasteiger partial charge in [-0.3, -0.25) is 4.90 Å². The third-order valence-corrected chi connectivity index (χ3v) is 3.18. The van der Waals surface area contributed by atoms with E-state index in [4.69, 9.17) is 5.11 Å². The Bertz CT molecular complexity index is 210. The zero-order valence-corrected chi connectivity index (χ0v) is 9.84. The molecule has 1 N–H and O–H groups in total. The summed E-state index contributed by atoms with van der Waals surface area (Å²) in [6.45, 7) is 4.00. The maximum atomic E-state index is 9.05. The van der Waals surface area contributed by atoms with Crippen LogP contribution in [-0.4, -0.2) is 35.7 Å². The predicted molar refractivity (Wildman–Crippen MR) is 63.6 cm³/mol. The van der Waals surface area contributed by atoms with Gasteiger partial charge in [-0.15, -0.1) is 11.8 Å². The van der Waals surface area contributed by atoms with Gasteiger partial charge in [-0.1, -0.05) is 19.3 Å². The lowest BCUT2D eigenvalue weighted by Gasteiger charge is -2.33. The van der Waals surface area contributed by atoms with Crippen molar-refractivity contribution < 1.29 is 5.11 Å². The first kappa shape index (κ1) is 12.5. The molecule has 0 aromatic carbocycles. The number of nitrogens with zero attached hydrogens (tertiary/aromatic N) is 1. The van der Waals surface area contributed by atoms with Crippen LogP contribution in [0.4, 0.5) is 0 Å². The van der Waals surface area contributed by atoms with Crippen LogP contribution in [-0.2, 0) is 0 Å². The Hall–Kier alpha value is -0.520. The second-order valence-corrected chi connectivity index (χ2v) is 4.23. The molecule has 0 bridgehead atoms. The largest absolute Gasteiger partial charge is 0.395 e. The molecule has 0 saturated heterocycles. The molecule has 2 heteroatoms. The van der Waals surface area contributed by atoms with Gasteiger partial charge in [0.15, 0.2) is 0 Å². The van der Waals surface area contributed by atoms with Crippen LogP contribution < -0.4 is 0 Å². The van der Waals surface area contributed by atoms with Gasteiger partial charge in [0.1, 0.15) is 0 Å². The van der Waals surface area contributed by atoms with Crippen LogP contribution in [0.1, 0.15) is 45.4 Å². The molecule has 1 aliphatic rings. The van der Waals surface area contributed by atoms with E-state index < -0.39 is 0 Å². The molecule has 1 saturated carbocycles. The van der Waals surface area contributed by atoms with Crippen molar-refractivity contribution in [1.82, 2.24) is 4.90 Å². The molecular weight excluding hydrogens is 186 g/mol. The molecule has 0 spiro atoms. The molecule has 0 aliphatic heterocycles. The lowest BCUT2D eigenvalue weighted by molar-refractivity contribution is 0.126. The summed E-state index contributed by atoms with van der Waals surface area (Å²) in [5, 5.41) is 9.05. The van der Waals surface area contributed by atoms with E-state index in [-0.39, 0.29) is 6.61 Å². The molecule has 0 aromatic rings. The van der Waals surface area contributed by atoms with Gasteiger partial charge >= 0.3 is 0 Å². The van der Waals surface area contributed by atoms with Crippen LogP contribution >= 0.6 is 0 Å². The minimum atomic E-state index is 0.274. The van der Waals surface area contributed by atoms with E-state index in [2.05, 4.69) is 16.7 Å². The van der Waals surface area contributed by atoms with Crippen LogP contribution in [0, 0.1) is 11.8 Å². The second-order valence-electron chi connectivity index (χ2n) is 4.23. The molecule has 0 atom stereocenters. The average Bonchev–Trinajstić information content (AvgIpc) is 2.29. The minimum absolute atomic E-state index is 0.274. The Morgan fingerprint density at radius 3 is 2.53 bits per heavy atom. The molecule has 1 rings (SSSR count). The molecule has 0 radical (unpaired) electrons. The van der Waals surface area contributed by atoms with E-state index in [0.717, 1.165) is 19.5 Å². The highest BCUT2D eigenvalue weighted by Gasteiger charge is 2.19. The van der Waals surface area contributed by atoms with E-state index in [9.17, 15) is 0 Å². The Kier molecular flexibility index (Phi) is 6.47. The third-order valence-electron chi connectivity index (χ3n) is 3.18. The van der Waals surface area contributed by atoms with Gasteiger partial charge < -0.3 is 5.11 Å². The Balaban J connectivity index is 2.35. The zero-order chi connectivity index (χ0) is 10.9. The minimum Gasteiger partial charge on any atom is -0.395 e. The standard InChI is InChI=1S/C13H23NO/c1-2-3-7-10-14(11-12-15)13-8-5-4-6-9-13/h13,15H,4-12H2,1H3. The van der Waals surface area contributed by atoms with Gasteiger partial charge in [-0.05, 0) is 19.8 Å². The number of hydrogen-bond donors (Lipinski definition) is 1. The van der Waals surface area contributed by atoms with Crippen molar-refractivity contribution in [2.75, 3.05) is 19.7 Å². The van der Waals surface area contributed by atoms with Crippen molar-refractivity contribution >= 4 is 0 Å². The molecule has 0 aromatic heterocycles. The van der Waals surface area contributed by atoms with Crippen LogP contribution in [0.3, 0.4) is 0 Å². The van der Waals surface area contributed by atoms with Gasteiger partial charge in [0.25, 0.3) is 0 Å². The fourth-order valence-corrected chi connectivity index (χ4v) is 2.38. The summed E-state index contributed by atoms with van der Waals surface area (Å²) in [6.07, 6.45) is 7.64. The SMILES string of the molecule is CC#CCCN(CCO)C1CCCCC1. The maximum Gasteiger partial charge on any atom is 0.0558 e. The van der Waals surface area contributed by atoms with Crippen LogP contribution in [0.5, 0.6) is 0 Å². The highest BCUT2D eigenvalue weighted by molar-refractivity contribution is 4.95. The fourth-order valence-electron chi connectivity index (χ4n) is 2.38. The van der Waals surface area contributed by atoms with E-state index in [1.165, 1.54) is 32.1 Å². The third kappa shape index (κ3) is 4.68. The Morgan fingerprint density at radius 2 is 1.93 bits per heavy atom. The zero-order valence-electron chi connectivity index (χ0n) is 9.84. The molecule has 0 amide bonds. The Morgan fingerprint density at radius 1 is 1.20 bits per heavy atom. The van der Waals surface area contributed by atoms with Gasteiger partial charge in [-0.25, -0.2) is 0 Å². The summed E-state index contributed by atoms with van der Waals surface area (Å²) in [4.78, 5) is 2.42. The summed E-state index contributed by atoms with van der Waals surface area (Å²) < 4.78 is 0. The first-order valence-corrected chi connectivity index (χ1v) is 6.13. The van der Waals surface area contributed by atoms with Crippen molar-refractivity contribution in [3.63, 3.8) is 0 Å². The van der Waals surface area contributed by atoms with Gasteiger partial charge in [0.05, 0.1) is 6.61 Å². The molecule has 1 aliphatic carbocycles. The summed E-state index contributed by atoms with van der Waals surface area (Å²) in [5.74, 6) is 6.03. The highest BCUT2D eigenvalue weighted by Crippen LogP contribution is 2.22. The van der Waals surface area contributed by atoms with Gasteiger partial charge in [0, 0.05) is 25.6 Å². The molecule has 15 heavy (non-hydrogen) atoms. The fraction of sp³-hybridized carbons (Fsp3) is 0.846. The summed E-state index contributed by atoms with van der Waals surface area (Å²) in [5.41, 5.74) is 0. The van der Waals surface area contributed by atoms with Gasteiger partial charge in [0.2, 0.25) is 0 Å². The van der Waals surface area contributed by atoms with Crippen LogP contribution in [0.25, 0.3) is 0 Å². The van der Waals surface area contributed by atoms with Gasteiger partial charge in [-0.2, -0.15) is 0 Å². The molecule has 0 heterocycles.